The number of aromatic nitrogens is 2. The first-order chi connectivity index (χ1) is 10.1. The molecule has 0 aliphatic carbocycles. The van der Waals surface area contributed by atoms with Crippen molar-refractivity contribution >= 4 is 5.78 Å². The minimum Gasteiger partial charge on any atom is -0.496 e. The van der Waals surface area contributed by atoms with E-state index in [1.807, 2.05) is 13.0 Å². The standard InChI is InChI=1S/C15H16N2O4/c1-9-5-6-10(11(7-9)19-2)14(18)13-15(21-4)17-12(20-3)8-16-13/h5-8H,1-4H3. The van der Waals surface area contributed by atoms with Crippen LogP contribution in [0.15, 0.2) is 24.4 Å². The fraction of sp³-hybridized carbons (Fsp3) is 0.267. The van der Waals surface area contributed by atoms with E-state index >= 15 is 0 Å². The zero-order valence-electron chi connectivity index (χ0n) is 12.3. The van der Waals surface area contributed by atoms with Gasteiger partial charge in [0, 0.05) is 0 Å². The van der Waals surface area contributed by atoms with Crippen molar-refractivity contribution in [2.24, 2.45) is 0 Å². The predicted octanol–water partition coefficient (Wildman–Crippen LogP) is 2.04. The highest BCUT2D eigenvalue weighted by atomic mass is 16.5. The van der Waals surface area contributed by atoms with E-state index in [9.17, 15) is 4.79 Å². The number of nitrogens with zero attached hydrogens (tertiary/aromatic N) is 2. The minimum absolute atomic E-state index is 0.112. The molecule has 0 spiro atoms. The lowest BCUT2D eigenvalue weighted by Gasteiger charge is -2.10. The summed E-state index contributed by atoms with van der Waals surface area (Å²) in [6, 6.07) is 5.32. The molecule has 6 nitrogen and oxygen atoms in total. The van der Waals surface area contributed by atoms with E-state index in [2.05, 4.69) is 9.97 Å². The van der Waals surface area contributed by atoms with Crippen molar-refractivity contribution in [1.29, 1.82) is 0 Å². The molecule has 0 amide bonds. The average Bonchev–Trinajstić information content (AvgIpc) is 2.53. The number of methoxy groups -OCH3 is 3. The zero-order valence-corrected chi connectivity index (χ0v) is 12.3. The van der Waals surface area contributed by atoms with Crippen LogP contribution < -0.4 is 14.2 Å². The number of aryl methyl sites for hydroxylation is 1. The third-order valence-electron chi connectivity index (χ3n) is 2.94. The number of carbonyl (C=O) groups excluding carboxylic acids is 1. The van der Waals surface area contributed by atoms with Gasteiger partial charge in [0.25, 0.3) is 0 Å². The quantitative estimate of drug-likeness (QED) is 0.784. The second kappa shape index (κ2) is 6.21. The highest BCUT2D eigenvalue weighted by Crippen LogP contribution is 2.26. The van der Waals surface area contributed by atoms with Crippen LogP contribution in [0.5, 0.6) is 17.5 Å². The summed E-state index contributed by atoms with van der Waals surface area (Å²) in [4.78, 5) is 20.8. The maximum atomic E-state index is 12.6. The predicted molar refractivity (Wildman–Crippen MR) is 76.3 cm³/mol. The molecule has 0 saturated heterocycles. The van der Waals surface area contributed by atoms with Gasteiger partial charge < -0.3 is 14.2 Å². The van der Waals surface area contributed by atoms with Gasteiger partial charge in [-0.1, -0.05) is 6.07 Å². The summed E-state index contributed by atoms with van der Waals surface area (Å²) in [6.45, 7) is 1.92. The number of rotatable bonds is 5. The molecule has 1 aromatic heterocycles. The van der Waals surface area contributed by atoms with Gasteiger partial charge in [0.05, 0.1) is 33.1 Å². The van der Waals surface area contributed by atoms with Crippen LogP contribution in [-0.4, -0.2) is 37.1 Å². The van der Waals surface area contributed by atoms with E-state index < -0.39 is 0 Å². The number of hydrogen-bond donors (Lipinski definition) is 0. The molecule has 2 aromatic rings. The Hall–Kier alpha value is -2.63. The van der Waals surface area contributed by atoms with E-state index in [0.29, 0.717) is 11.3 Å². The largest absolute Gasteiger partial charge is 0.496 e. The highest BCUT2D eigenvalue weighted by Gasteiger charge is 2.21. The summed E-state index contributed by atoms with van der Waals surface area (Å²) in [5.74, 6) is 0.555. The van der Waals surface area contributed by atoms with Gasteiger partial charge in [0.15, 0.2) is 5.69 Å². The second-order valence-electron chi connectivity index (χ2n) is 4.30. The molecule has 0 bridgehead atoms. The first-order valence-electron chi connectivity index (χ1n) is 6.25. The van der Waals surface area contributed by atoms with Crippen LogP contribution in [0.25, 0.3) is 0 Å². The molecule has 110 valence electrons. The third kappa shape index (κ3) is 2.94. The van der Waals surface area contributed by atoms with Crippen LogP contribution in [0.2, 0.25) is 0 Å². The first kappa shape index (κ1) is 14.8. The molecule has 1 aromatic carbocycles. The number of carbonyl (C=O) groups is 1. The van der Waals surface area contributed by atoms with Crippen LogP contribution in [0, 0.1) is 6.92 Å². The SMILES string of the molecule is COc1cnc(C(=O)c2ccc(C)cc2OC)c(OC)n1. The topological polar surface area (TPSA) is 70.5 Å². The molecule has 2 rings (SSSR count). The van der Waals surface area contributed by atoms with Crippen LogP contribution >= 0.6 is 0 Å². The minimum atomic E-state index is -0.321. The molecule has 0 fully saturated rings. The van der Waals surface area contributed by atoms with E-state index in [0.717, 1.165) is 5.56 Å². The van der Waals surface area contributed by atoms with Crippen LogP contribution in [-0.2, 0) is 0 Å². The molecular formula is C15H16N2O4. The second-order valence-corrected chi connectivity index (χ2v) is 4.30. The Kier molecular flexibility index (Phi) is 4.37. The van der Waals surface area contributed by atoms with Crippen molar-refractivity contribution < 1.29 is 19.0 Å². The van der Waals surface area contributed by atoms with Gasteiger partial charge in [0.2, 0.25) is 17.5 Å². The molecule has 0 unspecified atom stereocenters. The van der Waals surface area contributed by atoms with E-state index in [1.54, 1.807) is 12.1 Å². The lowest BCUT2D eigenvalue weighted by molar-refractivity contribution is 0.102. The van der Waals surface area contributed by atoms with E-state index in [1.165, 1.54) is 27.5 Å². The zero-order chi connectivity index (χ0) is 15.4. The molecular weight excluding hydrogens is 272 g/mol. The summed E-state index contributed by atoms with van der Waals surface area (Å²) in [6.07, 6.45) is 1.37. The molecule has 0 saturated carbocycles. The van der Waals surface area contributed by atoms with Crippen LogP contribution in [0.1, 0.15) is 21.6 Å². The van der Waals surface area contributed by atoms with Crippen LogP contribution in [0.4, 0.5) is 0 Å². The fourth-order valence-corrected chi connectivity index (χ4v) is 1.87. The number of ketones is 1. The Morgan fingerprint density at radius 2 is 1.86 bits per heavy atom. The van der Waals surface area contributed by atoms with Crippen LogP contribution in [0.3, 0.4) is 0 Å². The molecule has 0 atom stereocenters. The third-order valence-corrected chi connectivity index (χ3v) is 2.94. The summed E-state index contributed by atoms with van der Waals surface area (Å²) in [7, 11) is 4.41. The van der Waals surface area contributed by atoms with Gasteiger partial charge >= 0.3 is 0 Å². The summed E-state index contributed by atoms with van der Waals surface area (Å²) >= 11 is 0. The number of ether oxygens (including phenoxy) is 3. The molecule has 0 radical (unpaired) electrons. The number of benzene rings is 1. The molecule has 1 heterocycles. The Labute approximate surface area is 122 Å². The van der Waals surface area contributed by atoms with E-state index in [4.69, 9.17) is 14.2 Å². The Morgan fingerprint density at radius 3 is 2.48 bits per heavy atom. The summed E-state index contributed by atoms with van der Waals surface area (Å²) in [5.41, 5.74) is 1.51. The number of hydrogen-bond acceptors (Lipinski definition) is 6. The molecule has 0 N–H and O–H groups in total. The normalized spacial score (nSPS) is 10.1. The van der Waals surface area contributed by atoms with Crippen molar-refractivity contribution in [3.8, 4) is 17.5 Å². The highest BCUT2D eigenvalue weighted by molar-refractivity contribution is 6.10. The van der Waals surface area contributed by atoms with Gasteiger partial charge in [0.1, 0.15) is 5.75 Å². The smallest absolute Gasteiger partial charge is 0.247 e. The van der Waals surface area contributed by atoms with Gasteiger partial charge in [-0.2, -0.15) is 4.98 Å². The van der Waals surface area contributed by atoms with Crippen molar-refractivity contribution in [2.45, 2.75) is 6.92 Å². The summed E-state index contributed by atoms with van der Waals surface area (Å²) in [5, 5.41) is 0. The monoisotopic (exact) mass is 288 g/mol. The van der Waals surface area contributed by atoms with Crippen molar-refractivity contribution in [2.75, 3.05) is 21.3 Å². The van der Waals surface area contributed by atoms with Gasteiger partial charge in [-0.15, -0.1) is 0 Å². The Bertz CT molecular complexity index is 671. The average molecular weight is 288 g/mol. The van der Waals surface area contributed by atoms with Gasteiger partial charge in [-0.3, -0.25) is 4.79 Å². The fourth-order valence-electron chi connectivity index (χ4n) is 1.87. The Morgan fingerprint density at radius 1 is 1.10 bits per heavy atom. The molecule has 21 heavy (non-hydrogen) atoms. The maximum Gasteiger partial charge on any atom is 0.247 e. The lowest BCUT2D eigenvalue weighted by atomic mass is 10.0. The van der Waals surface area contributed by atoms with Crippen molar-refractivity contribution in [3.05, 3.63) is 41.2 Å². The lowest BCUT2D eigenvalue weighted by Crippen LogP contribution is -2.10. The summed E-state index contributed by atoms with van der Waals surface area (Å²) < 4.78 is 15.3. The molecule has 0 aliphatic rings. The van der Waals surface area contributed by atoms with Crippen molar-refractivity contribution in [1.82, 2.24) is 9.97 Å². The van der Waals surface area contributed by atoms with E-state index in [-0.39, 0.29) is 23.2 Å². The maximum absolute atomic E-state index is 12.6. The van der Waals surface area contributed by atoms with Crippen molar-refractivity contribution in [3.63, 3.8) is 0 Å². The van der Waals surface area contributed by atoms with Gasteiger partial charge in [-0.05, 0) is 24.6 Å². The van der Waals surface area contributed by atoms with Gasteiger partial charge in [-0.25, -0.2) is 4.98 Å². The molecule has 0 aliphatic heterocycles. The Balaban J connectivity index is 2.49. The molecule has 6 heteroatoms. The first-order valence-corrected chi connectivity index (χ1v) is 6.25.